The number of ether oxygens (including phenoxy) is 2. The highest BCUT2D eigenvalue weighted by atomic mass is 32.2. The summed E-state index contributed by atoms with van der Waals surface area (Å²) in [6.07, 6.45) is 7.44. The van der Waals surface area contributed by atoms with Crippen LogP contribution in [0.5, 0.6) is 0 Å². The topological polar surface area (TPSA) is 97.8 Å². The van der Waals surface area contributed by atoms with Gasteiger partial charge in [0.25, 0.3) is 0 Å². The molecule has 0 aromatic carbocycles. The van der Waals surface area contributed by atoms with Gasteiger partial charge in [0, 0.05) is 29.1 Å². The van der Waals surface area contributed by atoms with Gasteiger partial charge in [0.2, 0.25) is 10.0 Å². The Hall–Kier alpha value is -1.23. The molecule has 1 aromatic heterocycles. The van der Waals surface area contributed by atoms with Crippen molar-refractivity contribution in [3.8, 4) is 0 Å². The van der Waals surface area contributed by atoms with Gasteiger partial charge in [0.15, 0.2) is 0 Å². The Morgan fingerprint density at radius 3 is 2.86 bits per heavy atom. The molecule has 4 rings (SSSR count). The van der Waals surface area contributed by atoms with Crippen LogP contribution in [0.1, 0.15) is 44.0 Å². The van der Waals surface area contributed by atoms with Gasteiger partial charge in [-0.25, -0.2) is 22.9 Å². The normalized spacial score (nSPS) is 36.7. The highest BCUT2D eigenvalue weighted by molar-refractivity contribution is 7.88. The molecule has 0 spiro atoms. The average molecular weight is 444 g/mol. The fraction of sp³-hybridized carbons (Fsp3) is 0.789. The molecule has 3 fully saturated rings. The molecule has 3 unspecified atom stereocenters. The van der Waals surface area contributed by atoms with Crippen molar-refractivity contribution in [2.24, 2.45) is 5.92 Å². The van der Waals surface area contributed by atoms with E-state index in [-0.39, 0.29) is 29.6 Å². The maximum atomic E-state index is 12.3. The molecule has 6 atom stereocenters. The third-order valence-corrected chi connectivity index (χ3v) is 8.42. The second-order valence-corrected chi connectivity index (χ2v) is 11.3. The Balaban J connectivity index is 1.39. The van der Waals surface area contributed by atoms with Crippen LogP contribution >= 0.6 is 11.3 Å². The molecule has 0 radical (unpaired) electrons. The quantitative estimate of drug-likeness (QED) is 0.723. The van der Waals surface area contributed by atoms with E-state index in [2.05, 4.69) is 9.71 Å². The first kappa shape index (κ1) is 21.0. The first-order chi connectivity index (χ1) is 13.7. The Kier molecular flexibility index (Phi) is 5.65. The van der Waals surface area contributed by atoms with Crippen molar-refractivity contribution in [2.45, 2.75) is 68.7 Å². The van der Waals surface area contributed by atoms with Gasteiger partial charge in [0.05, 0.1) is 37.1 Å². The Labute approximate surface area is 176 Å². The van der Waals surface area contributed by atoms with Crippen molar-refractivity contribution in [1.82, 2.24) is 14.6 Å². The molecule has 3 aliphatic rings. The van der Waals surface area contributed by atoms with Crippen molar-refractivity contribution >= 4 is 27.5 Å². The van der Waals surface area contributed by atoms with E-state index in [4.69, 9.17) is 9.47 Å². The van der Waals surface area contributed by atoms with E-state index < -0.39 is 16.1 Å². The second kappa shape index (κ2) is 7.79. The van der Waals surface area contributed by atoms with Crippen LogP contribution in [0.4, 0.5) is 4.79 Å². The van der Waals surface area contributed by atoms with E-state index in [0.717, 1.165) is 25.5 Å². The summed E-state index contributed by atoms with van der Waals surface area (Å²) in [6.45, 7) is 2.20. The van der Waals surface area contributed by atoms with E-state index >= 15 is 0 Å². The third kappa shape index (κ3) is 4.17. The summed E-state index contributed by atoms with van der Waals surface area (Å²) in [5.74, 6) is 0.608. The number of carbonyl (C=O) groups excluding carboxylic acids is 1. The lowest BCUT2D eigenvalue weighted by Crippen LogP contribution is -2.50. The minimum absolute atomic E-state index is 0.123. The molecule has 0 bridgehead atoms. The molecular weight excluding hydrogens is 414 g/mol. The summed E-state index contributed by atoms with van der Waals surface area (Å²) >= 11 is 1.74. The van der Waals surface area contributed by atoms with Crippen LogP contribution in [-0.4, -0.2) is 68.6 Å². The van der Waals surface area contributed by atoms with Crippen molar-refractivity contribution in [1.29, 1.82) is 0 Å². The molecule has 1 N–H and O–H groups in total. The van der Waals surface area contributed by atoms with E-state index in [1.54, 1.807) is 16.2 Å². The van der Waals surface area contributed by atoms with Gasteiger partial charge in [-0.05, 0) is 44.9 Å². The summed E-state index contributed by atoms with van der Waals surface area (Å²) in [4.78, 5) is 18.4. The number of nitrogens with one attached hydrogen (secondary N) is 1. The van der Waals surface area contributed by atoms with Crippen molar-refractivity contribution < 1.29 is 22.7 Å². The van der Waals surface area contributed by atoms with Crippen molar-refractivity contribution in [2.75, 3.05) is 20.0 Å². The summed E-state index contributed by atoms with van der Waals surface area (Å²) in [6, 6.07) is -0.877. The number of sulfonamides is 1. The number of carbonyl (C=O) groups is 1. The summed E-state index contributed by atoms with van der Waals surface area (Å²) in [7, 11) is -2.04. The summed E-state index contributed by atoms with van der Waals surface area (Å²) in [5.41, 5.74) is 0.258. The Bertz CT molecular complexity index is 846. The van der Waals surface area contributed by atoms with Gasteiger partial charge in [-0.1, -0.05) is 0 Å². The molecule has 1 saturated heterocycles. The number of fused-ring (bicyclic) bond motifs is 1. The van der Waals surface area contributed by atoms with Crippen LogP contribution in [-0.2, 0) is 24.9 Å². The first-order valence-electron chi connectivity index (χ1n) is 10.1. The first-order valence-corrected chi connectivity index (χ1v) is 12.9. The lowest BCUT2D eigenvalue weighted by molar-refractivity contribution is -0.00993. The Morgan fingerprint density at radius 1 is 1.45 bits per heavy atom. The van der Waals surface area contributed by atoms with Gasteiger partial charge in [-0.3, -0.25) is 4.90 Å². The van der Waals surface area contributed by atoms with E-state index in [1.807, 2.05) is 18.5 Å². The summed E-state index contributed by atoms with van der Waals surface area (Å²) < 4.78 is 37.4. The number of hydrogen-bond donors (Lipinski definition) is 1. The number of aromatic nitrogens is 1. The van der Waals surface area contributed by atoms with Crippen molar-refractivity contribution in [3.05, 3.63) is 16.6 Å². The molecule has 1 aromatic rings. The van der Waals surface area contributed by atoms with Crippen LogP contribution in [0.2, 0.25) is 0 Å². The van der Waals surface area contributed by atoms with Crippen LogP contribution in [0.3, 0.4) is 0 Å². The van der Waals surface area contributed by atoms with Crippen LogP contribution in [0, 0.1) is 5.92 Å². The van der Waals surface area contributed by atoms with Crippen molar-refractivity contribution in [3.63, 3.8) is 0 Å². The molecular formula is C19H29N3O5S2. The van der Waals surface area contributed by atoms with E-state index in [9.17, 15) is 13.2 Å². The average Bonchev–Trinajstić information content (AvgIpc) is 2.98. The highest BCUT2D eigenvalue weighted by Gasteiger charge is 2.59. The van der Waals surface area contributed by atoms with E-state index in [1.165, 1.54) is 18.5 Å². The number of thiazole rings is 1. The molecule has 2 aliphatic carbocycles. The zero-order valence-corrected chi connectivity index (χ0v) is 18.7. The fourth-order valence-corrected chi connectivity index (χ4v) is 7.01. The molecule has 2 heterocycles. The van der Waals surface area contributed by atoms with Crippen LogP contribution in [0.25, 0.3) is 0 Å². The highest BCUT2D eigenvalue weighted by Crippen LogP contribution is 2.63. The number of methoxy groups -OCH3 is 1. The van der Waals surface area contributed by atoms with Crippen LogP contribution in [0.15, 0.2) is 11.6 Å². The number of likely N-dealkylation sites (tertiary alicyclic amines) is 1. The SMILES string of the molecule is COC(=O)N1[C@H](C)C[C@H](NS(C)(=O)=O)[C@@H]1COC1CCC2(c3nccs3)CC2C1. The van der Waals surface area contributed by atoms with Crippen LogP contribution < -0.4 is 4.72 Å². The van der Waals surface area contributed by atoms with Gasteiger partial charge >= 0.3 is 6.09 Å². The van der Waals surface area contributed by atoms with Gasteiger partial charge < -0.3 is 9.47 Å². The minimum Gasteiger partial charge on any atom is -0.453 e. The third-order valence-electron chi connectivity index (χ3n) is 6.70. The number of nitrogens with zero attached hydrogens (tertiary/aromatic N) is 2. The fourth-order valence-electron chi connectivity index (χ4n) is 5.25. The summed E-state index contributed by atoms with van der Waals surface area (Å²) in [5, 5.41) is 3.29. The monoisotopic (exact) mass is 443 g/mol. The lowest BCUT2D eigenvalue weighted by atomic mass is 9.87. The van der Waals surface area contributed by atoms with Gasteiger partial charge in [-0.15, -0.1) is 11.3 Å². The van der Waals surface area contributed by atoms with Gasteiger partial charge in [0.1, 0.15) is 0 Å². The number of amides is 1. The molecule has 10 heteroatoms. The molecule has 2 saturated carbocycles. The predicted octanol–water partition coefficient (Wildman–Crippen LogP) is 2.12. The largest absolute Gasteiger partial charge is 0.453 e. The number of hydrogen-bond acceptors (Lipinski definition) is 7. The standard InChI is InChI=1S/C19H29N3O5S2/c1-12-8-15(21-29(3,24)25)16(22(12)18(23)26-2)11-27-14-4-5-19(10-13(19)9-14)17-20-6-7-28-17/h6-7,12-16,21H,4-5,8-11H2,1-3H3/t12-,13?,14?,15+,16+,19?/m1/s1. The maximum Gasteiger partial charge on any atom is 0.410 e. The maximum absolute atomic E-state index is 12.3. The molecule has 1 amide bonds. The zero-order chi connectivity index (χ0) is 20.8. The molecule has 1 aliphatic heterocycles. The lowest BCUT2D eigenvalue weighted by Gasteiger charge is -2.32. The molecule has 162 valence electrons. The minimum atomic E-state index is -3.39. The molecule has 29 heavy (non-hydrogen) atoms. The van der Waals surface area contributed by atoms with E-state index in [0.29, 0.717) is 18.9 Å². The smallest absolute Gasteiger partial charge is 0.410 e. The predicted molar refractivity (Wildman–Crippen MR) is 109 cm³/mol. The number of rotatable bonds is 6. The second-order valence-electron chi connectivity index (χ2n) is 8.65. The molecule has 8 nitrogen and oxygen atoms in total. The zero-order valence-electron chi connectivity index (χ0n) is 17.0. The Morgan fingerprint density at radius 2 is 2.24 bits per heavy atom. The van der Waals surface area contributed by atoms with Gasteiger partial charge in [-0.2, -0.15) is 0 Å².